The number of halogens is 1. The van der Waals surface area contributed by atoms with Crippen LogP contribution in [0.4, 0.5) is 0 Å². The first-order valence-electron chi connectivity index (χ1n) is 8.81. The summed E-state index contributed by atoms with van der Waals surface area (Å²) in [5, 5.41) is 2.92. The zero-order valence-corrected chi connectivity index (χ0v) is 16.5. The zero-order valence-electron chi connectivity index (χ0n) is 14.1. The number of rotatable bonds is 6. The molecule has 1 N–H and O–H groups in total. The number of carbonyl (C=O) groups excluding carboxylic acids is 1. The maximum absolute atomic E-state index is 12.5. The van der Waals surface area contributed by atoms with Crippen LogP contribution >= 0.6 is 15.9 Å². The van der Waals surface area contributed by atoms with Gasteiger partial charge < -0.3 is 5.32 Å². The molecule has 0 aliphatic heterocycles. The normalized spacial score (nSPS) is 40.1. The maximum Gasteiger partial charge on any atom is 0.220 e. The van der Waals surface area contributed by atoms with Crippen LogP contribution in [0.2, 0.25) is 0 Å². The van der Waals surface area contributed by atoms with E-state index < -0.39 is 9.84 Å². The molecule has 23 heavy (non-hydrogen) atoms. The molecule has 0 aromatic heterocycles. The van der Waals surface area contributed by atoms with Gasteiger partial charge in [-0.1, -0.05) is 22.9 Å². The molecule has 4 fully saturated rings. The Bertz CT molecular complexity index is 575. The molecule has 4 nitrogen and oxygen atoms in total. The summed E-state index contributed by atoms with van der Waals surface area (Å²) < 4.78 is 23.6. The average molecular weight is 406 g/mol. The van der Waals surface area contributed by atoms with E-state index in [1.54, 1.807) is 13.8 Å². The van der Waals surface area contributed by atoms with E-state index in [4.69, 9.17) is 0 Å². The van der Waals surface area contributed by atoms with Crippen LogP contribution in [0.25, 0.3) is 0 Å². The molecule has 0 radical (unpaired) electrons. The second-order valence-corrected chi connectivity index (χ2v) is 12.5. The van der Waals surface area contributed by atoms with Gasteiger partial charge in [-0.2, -0.15) is 0 Å². The van der Waals surface area contributed by atoms with Gasteiger partial charge in [-0.15, -0.1) is 0 Å². The fourth-order valence-corrected chi connectivity index (χ4v) is 8.34. The summed E-state index contributed by atoms with van der Waals surface area (Å²) in [7, 11) is -3.05. The Balaban J connectivity index is 1.60. The molecule has 1 amide bonds. The summed E-state index contributed by atoms with van der Waals surface area (Å²) in [6.45, 7) is 3.44. The summed E-state index contributed by atoms with van der Waals surface area (Å²) >= 11 is 3.97. The lowest BCUT2D eigenvalue weighted by Crippen LogP contribution is -2.54. The first kappa shape index (κ1) is 17.7. The van der Waals surface area contributed by atoms with E-state index in [1.807, 2.05) is 0 Å². The highest BCUT2D eigenvalue weighted by molar-refractivity contribution is 9.10. The van der Waals surface area contributed by atoms with Crippen molar-refractivity contribution < 1.29 is 13.2 Å². The van der Waals surface area contributed by atoms with E-state index in [1.165, 1.54) is 32.1 Å². The summed E-state index contributed by atoms with van der Waals surface area (Å²) in [4.78, 5) is 12.5. The molecular weight excluding hydrogens is 378 g/mol. The Morgan fingerprint density at radius 3 is 2.39 bits per heavy atom. The number of hydrogen-bond donors (Lipinski definition) is 1. The number of alkyl halides is 1. The van der Waals surface area contributed by atoms with Crippen molar-refractivity contribution in [3.63, 3.8) is 0 Å². The SMILES string of the molecule is CCS(=O)(=O)CC(C)NC(=O)CC12CC3CC(CC(Br)(C3)C1)C2. The second kappa shape index (κ2) is 6.01. The van der Waals surface area contributed by atoms with Crippen molar-refractivity contribution >= 4 is 31.7 Å². The summed E-state index contributed by atoms with van der Waals surface area (Å²) in [6.07, 6.45) is 7.86. The van der Waals surface area contributed by atoms with Crippen LogP contribution in [0.1, 0.15) is 58.8 Å². The van der Waals surface area contributed by atoms with Crippen molar-refractivity contribution in [2.75, 3.05) is 11.5 Å². The average Bonchev–Trinajstić information content (AvgIpc) is 2.33. The molecule has 132 valence electrons. The maximum atomic E-state index is 12.5. The lowest BCUT2D eigenvalue weighted by atomic mass is 9.48. The van der Waals surface area contributed by atoms with Crippen molar-refractivity contribution in [3.05, 3.63) is 0 Å². The summed E-state index contributed by atoms with van der Waals surface area (Å²) in [6, 6.07) is -0.306. The fraction of sp³-hybridized carbons (Fsp3) is 0.941. The third kappa shape index (κ3) is 3.94. The van der Waals surface area contributed by atoms with Crippen LogP contribution in [0.5, 0.6) is 0 Å². The van der Waals surface area contributed by atoms with E-state index in [0.29, 0.717) is 6.42 Å². The van der Waals surface area contributed by atoms with Crippen LogP contribution in [-0.2, 0) is 14.6 Å². The fourth-order valence-electron chi connectivity index (χ4n) is 5.75. The van der Waals surface area contributed by atoms with Gasteiger partial charge in [-0.25, -0.2) is 8.42 Å². The zero-order chi connectivity index (χ0) is 16.9. The quantitative estimate of drug-likeness (QED) is 0.690. The monoisotopic (exact) mass is 405 g/mol. The van der Waals surface area contributed by atoms with Crippen molar-refractivity contribution in [1.29, 1.82) is 0 Å². The summed E-state index contributed by atoms with van der Waals surface area (Å²) in [5.41, 5.74) is 0.140. The Labute approximate surface area is 148 Å². The van der Waals surface area contributed by atoms with E-state index in [2.05, 4.69) is 21.2 Å². The van der Waals surface area contributed by atoms with Gasteiger partial charge in [0, 0.05) is 22.5 Å². The van der Waals surface area contributed by atoms with Crippen LogP contribution in [0.15, 0.2) is 0 Å². The smallest absolute Gasteiger partial charge is 0.220 e. The highest BCUT2D eigenvalue weighted by atomic mass is 79.9. The molecule has 4 saturated carbocycles. The molecule has 0 aromatic rings. The van der Waals surface area contributed by atoms with E-state index in [0.717, 1.165) is 18.3 Å². The van der Waals surface area contributed by atoms with Crippen molar-refractivity contribution in [3.8, 4) is 0 Å². The third-order valence-corrected chi connectivity index (χ3v) is 8.81. The molecule has 0 spiro atoms. The van der Waals surface area contributed by atoms with E-state index in [9.17, 15) is 13.2 Å². The van der Waals surface area contributed by atoms with Gasteiger partial charge in [0.1, 0.15) is 0 Å². The Morgan fingerprint density at radius 2 is 1.87 bits per heavy atom. The lowest BCUT2D eigenvalue weighted by molar-refractivity contribution is -0.128. The second-order valence-electron chi connectivity index (χ2n) is 8.46. The number of nitrogens with one attached hydrogen (secondary N) is 1. The standard InChI is InChI=1S/C17H28BrNO3S/c1-3-23(21,22)10-12(2)19-15(20)9-16-5-13-4-14(6-16)8-17(18,7-13)11-16/h12-14H,3-11H2,1-2H3,(H,19,20). The van der Waals surface area contributed by atoms with Crippen molar-refractivity contribution in [2.45, 2.75) is 69.2 Å². The predicted molar refractivity (Wildman–Crippen MR) is 95.3 cm³/mol. The van der Waals surface area contributed by atoms with Crippen LogP contribution in [0.3, 0.4) is 0 Å². The molecule has 0 heterocycles. The molecule has 3 atom stereocenters. The van der Waals surface area contributed by atoms with Gasteiger partial charge >= 0.3 is 0 Å². The van der Waals surface area contributed by atoms with E-state index >= 15 is 0 Å². The largest absolute Gasteiger partial charge is 0.353 e. The highest BCUT2D eigenvalue weighted by Gasteiger charge is 2.57. The van der Waals surface area contributed by atoms with Crippen molar-refractivity contribution in [1.82, 2.24) is 5.32 Å². The highest BCUT2D eigenvalue weighted by Crippen LogP contribution is 2.65. The minimum absolute atomic E-state index is 0.0295. The number of hydrogen-bond acceptors (Lipinski definition) is 3. The Kier molecular flexibility index (Phi) is 4.63. The Morgan fingerprint density at radius 1 is 1.26 bits per heavy atom. The first-order valence-corrected chi connectivity index (χ1v) is 11.4. The van der Waals surface area contributed by atoms with Crippen molar-refractivity contribution in [2.24, 2.45) is 17.3 Å². The topological polar surface area (TPSA) is 63.2 Å². The predicted octanol–water partition coefficient (Wildman–Crippen LogP) is 3.05. The van der Waals surface area contributed by atoms with Gasteiger partial charge in [0.2, 0.25) is 5.91 Å². The van der Waals surface area contributed by atoms with Crippen LogP contribution in [0, 0.1) is 17.3 Å². The number of carbonyl (C=O) groups is 1. The molecule has 4 aliphatic rings. The summed E-state index contributed by atoms with van der Waals surface area (Å²) in [5.74, 6) is 1.73. The molecule has 4 aliphatic carbocycles. The van der Waals surface area contributed by atoms with Gasteiger partial charge in [0.25, 0.3) is 0 Å². The van der Waals surface area contributed by atoms with Crippen LogP contribution < -0.4 is 5.32 Å². The Hall–Kier alpha value is -0.100. The molecule has 6 heteroatoms. The van der Waals surface area contributed by atoms with Gasteiger partial charge in [-0.05, 0) is 62.7 Å². The number of sulfone groups is 1. The molecule has 0 saturated heterocycles. The molecular formula is C17H28BrNO3S. The van der Waals surface area contributed by atoms with Gasteiger partial charge in [-0.3, -0.25) is 4.79 Å². The minimum atomic E-state index is -3.05. The minimum Gasteiger partial charge on any atom is -0.353 e. The molecule has 4 rings (SSSR count). The van der Waals surface area contributed by atoms with Gasteiger partial charge in [0.15, 0.2) is 9.84 Å². The third-order valence-electron chi connectivity index (χ3n) is 6.00. The number of amides is 1. The molecule has 3 unspecified atom stereocenters. The van der Waals surface area contributed by atoms with Crippen LogP contribution in [-0.4, -0.2) is 36.2 Å². The lowest BCUT2D eigenvalue weighted by Gasteiger charge is -2.60. The molecule has 0 aromatic carbocycles. The first-order chi connectivity index (χ1) is 10.6. The van der Waals surface area contributed by atoms with Gasteiger partial charge in [0.05, 0.1) is 5.75 Å². The molecule has 4 bridgehead atoms. The van der Waals surface area contributed by atoms with E-state index in [-0.39, 0.29) is 33.2 Å².